The van der Waals surface area contributed by atoms with Crippen LogP contribution in [0.5, 0.6) is 5.75 Å². The van der Waals surface area contributed by atoms with Crippen LogP contribution < -0.4 is 4.74 Å². The fourth-order valence-corrected chi connectivity index (χ4v) is 2.83. The van der Waals surface area contributed by atoms with Gasteiger partial charge in [0.1, 0.15) is 5.75 Å². The van der Waals surface area contributed by atoms with Crippen molar-refractivity contribution in [2.75, 3.05) is 7.11 Å². The van der Waals surface area contributed by atoms with Crippen LogP contribution in [0.2, 0.25) is 0 Å². The highest BCUT2D eigenvalue weighted by Crippen LogP contribution is 2.34. The molecule has 0 fully saturated rings. The number of hydrogen-bond donors (Lipinski definition) is 0. The lowest BCUT2D eigenvalue weighted by molar-refractivity contribution is 0.408. The molecule has 1 unspecified atom stereocenters. The molecule has 0 aromatic heterocycles. The summed E-state index contributed by atoms with van der Waals surface area (Å²) in [5, 5.41) is -0.127. The third-order valence-corrected chi connectivity index (χ3v) is 4.31. The third kappa shape index (κ3) is 2.83. The van der Waals surface area contributed by atoms with Gasteiger partial charge in [0.25, 0.3) is 0 Å². The first-order valence-corrected chi connectivity index (χ1v) is 7.24. The van der Waals surface area contributed by atoms with Gasteiger partial charge in [-0.15, -0.1) is 11.6 Å². The quantitative estimate of drug-likeness (QED) is 0.700. The first-order valence-electron chi connectivity index (χ1n) is 6.80. The average molecular weight is 289 g/mol. The first kappa shape index (κ1) is 14.9. The fraction of sp³-hybridized carbons (Fsp3) is 0.333. The zero-order valence-corrected chi connectivity index (χ0v) is 13.5. The van der Waals surface area contributed by atoms with Crippen LogP contribution >= 0.6 is 11.6 Å². The number of benzene rings is 2. The second-order valence-corrected chi connectivity index (χ2v) is 5.83. The summed E-state index contributed by atoms with van der Waals surface area (Å²) in [5.41, 5.74) is 7.06. The van der Waals surface area contributed by atoms with Gasteiger partial charge < -0.3 is 4.74 Å². The minimum atomic E-state index is -0.127. The Morgan fingerprint density at radius 1 is 0.800 bits per heavy atom. The van der Waals surface area contributed by atoms with Gasteiger partial charge in [0.2, 0.25) is 0 Å². The predicted octanol–water partition coefficient (Wildman–Crippen LogP) is 5.26. The fourth-order valence-electron chi connectivity index (χ4n) is 2.57. The molecule has 2 aromatic carbocycles. The molecular weight excluding hydrogens is 268 g/mol. The molecule has 0 aliphatic carbocycles. The summed E-state index contributed by atoms with van der Waals surface area (Å²) < 4.78 is 5.41. The van der Waals surface area contributed by atoms with E-state index in [9.17, 15) is 0 Å². The van der Waals surface area contributed by atoms with Gasteiger partial charge in [-0.1, -0.05) is 30.3 Å². The molecule has 0 saturated carbocycles. The van der Waals surface area contributed by atoms with Crippen LogP contribution in [0.3, 0.4) is 0 Å². The van der Waals surface area contributed by atoms with Crippen LogP contribution in [0.15, 0.2) is 30.3 Å². The van der Waals surface area contributed by atoms with E-state index in [1.807, 2.05) is 0 Å². The standard InChI is InChI=1S/C18H21ClO/c1-11-6-7-15(8-12(11)2)17(19)16-9-13(3)18(20-5)14(4)10-16/h6-10,17H,1-5H3. The maximum absolute atomic E-state index is 6.65. The molecule has 106 valence electrons. The van der Waals surface area contributed by atoms with Crippen molar-refractivity contribution in [1.29, 1.82) is 0 Å². The highest BCUT2D eigenvalue weighted by molar-refractivity contribution is 6.22. The number of rotatable bonds is 3. The van der Waals surface area contributed by atoms with Gasteiger partial charge in [-0.2, -0.15) is 0 Å². The highest BCUT2D eigenvalue weighted by atomic mass is 35.5. The van der Waals surface area contributed by atoms with E-state index in [-0.39, 0.29) is 5.38 Å². The van der Waals surface area contributed by atoms with Crippen molar-refractivity contribution in [2.24, 2.45) is 0 Å². The summed E-state index contributed by atoms with van der Waals surface area (Å²) in [7, 11) is 1.70. The second-order valence-electron chi connectivity index (χ2n) is 5.39. The lowest BCUT2D eigenvalue weighted by atomic mass is 9.97. The first-order chi connectivity index (χ1) is 9.43. The van der Waals surface area contributed by atoms with Gasteiger partial charge in [-0.3, -0.25) is 0 Å². The van der Waals surface area contributed by atoms with E-state index in [0.29, 0.717) is 0 Å². The van der Waals surface area contributed by atoms with E-state index in [4.69, 9.17) is 16.3 Å². The van der Waals surface area contributed by atoms with Crippen LogP contribution in [0, 0.1) is 27.7 Å². The molecule has 2 heteroatoms. The van der Waals surface area contributed by atoms with E-state index >= 15 is 0 Å². The second kappa shape index (κ2) is 5.88. The lowest BCUT2D eigenvalue weighted by Gasteiger charge is -2.16. The zero-order valence-electron chi connectivity index (χ0n) is 12.8. The van der Waals surface area contributed by atoms with Crippen molar-refractivity contribution in [2.45, 2.75) is 33.1 Å². The number of alkyl halides is 1. The molecule has 0 heterocycles. The van der Waals surface area contributed by atoms with Crippen LogP contribution in [-0.2, 0) is 0 Å². The molecule has 0 N–H and O–H groups in total. The molecule has 0 aliphatic rings. The van der Waals surface area contributed by atoms with Crippen molar-refractivity contribution < 1.29 is 4.74 Å². The molecule has 2 aromatic rings. The molecule has 1 nitrogen and oxygen atoms in total. The van der Waals surface area contributed by atoms with Crippen molar-refractivity contribution in [3.05, 3.63) is 63.7 Å². The Hall–Kier alpha value is -1.47. The van der Waals surface area contributed by atoms with Crippen LogP contribution in [0.1, 0.15) is 38.8 Å². The maximum atomic E-state index is 6.65. The van der Waals surface area contributed by atoms with E-state index in [1.165, 1.54) is 11.1 Å². The van der Waals surface area contributed by atoms with Crippen molar-refractivity contribution in [3.63, 3.8) is 0 Å². The van der Waals surface area contributed by atoms with E-state index < -0.39 is 0 Å². The van der Waals surface area contributed by atoms with Crippen LogP contribution in [0.4, 0.5) is 0 Å². The molecule has 0 aliphatic heterocycles. The van der Waals surface area contributed by atoms with Gasteiger partial charge in [-0.05, 0) is 61.1 Å². The summed E-state index contributed by atoms with van der Waals surface area (Å²) in [6, 6.07) is 10.6. The summed E-state index contributed by atoms with van der Waals surface area (Å²) >= 11 is 6.65. The Bertz CT molecular complexity index is 608. The Kier molecular flexibility index (Phi) is 4.39. The molecule has 0 spiro atoms. The van der Waals surface area contributed by atoms with Crippen molar-refractivity contribution in [3.8, 4) is 5.75 Å². The van der Waals surface area contributed by atoms with Gasteiger partial charge in [0.05, 0.1) is 12.5 Å². The Balaban J connectivity index is 2.42. The Morgan fingerprint density at radius 3 is 1.85 bits per heavy atom. The van der Waals surface area contributed by atoms with E-state index in [2.05, 4.69) is 58.0 Å². The zero-order chi connectivity index (χ0) is 14.9. The Morgan fingerprint density at radius 2 is 1.35 bits per heavy atom. The maximum Gasteiger partial charge on any atom is 0.124 e. The number of aryl methyl sites for hydroxylation is 4. The summed E-state index contributed by atoms with van der Waals surface area (Å²) in [5.74, 6) is 0.942. The largest absolute Gasteiger partial charge is 0.496 e. The van der Waals surface area contributed by atoms with Gasteiger partial charge in [-0.25, -0.2) is 0 Å². The van der Waals surface area contributed by atoms with Gasteiger partial charge >= 0.3 is 0 Å². The minimum Gasteiger partial charge on any atom is -0.496 e. The van der Waals surface area contributed by atoms with E-state index in [1.54, 1.807) is 7.11 Å². The molecule has 0 amide bonds. The van der Waals surface area contributed by atoms with Crippen LogP contribution in [-0.4, -0.2) is 7.11 Å². The lowest BCUT2D eigenvalue weighted by Crippen LogP contribution is -1.99. The van der Waals surface area contributed by atoms with E-state index in [0.717, 1.165) is 28.0 Å². The topological polar surface area (TPSA) is 9.23 Å². The average Bonchev–Trinajstić information content (AvgIpc) is 2.40. The van der Waals surface area contributed by atoms with Gasteiger partial charge in [0.15, 0.2) is 0 Å². The molecular formula is C18H21ClO. The number of methoxy groups -OCH3 is 1. The summed E-state index contributed by atoms with van der Waals surface area (Å²) in [4.78, 5) is 0. The van der Waals surface area contributed by atoms with Crippen molar-refractivity contribution in [1.82, 2.24) is 0 Å². The molecule has 0 radical (unpaired) electrons. The summed E-state index contributed by atoms with van der Waals surface area (Å²) in [6.45, 7) is 8.34. The number of halogens is 1. The molecule has 1 atom stereocenters. The molecule has 0 bridgehead atoms. The SMILES string of the molecule is COc1c(C)cc(C(Cl)c2ccc(C)c(C)c2)cc1C. The summed E-state index contributed by atoms with van der Waals surface area (Å²) in [6.07, 6.45) is 0. The number of hydrogen-bond acceptors (Lipinski definition) is 1. The molecule has 2 rings (SSSR count). The number of ether oxygens (including phenoxy) is 1. The smallest absolute Gasteiger partial charge is 0.124 e. The molecule has 20 heavy (non-hydrogen) atoms. The van der Waals surface area contributed by atoms with Crippen molar-refractivity contribution >= 4 is 11.6 Å². The third-order valence-electron chi connectivity index (χ3n) is 3.80. The Labute approximate surface area is 126 Å². The predicted molar refractivity (Wildman–Crippen MR) is 86.1 cm³/mol. The van der Waals surface area contributed by atoms with Gasteiger partial charge in [0, 0.05) is 0 Å². The normalized spacial score (nSPS) is 12.3. The highest BCUT2D eigenvalue weighted by Gasteiger charge is 2.14. The molecule has 0 saturated heterocycles. The minimum absolute atomic E-state index is 0.127. The monoisotopic (exact) mass is 288 g/mol. The van der Waals surface area contributed by atoms with Crippen LogP contribution in [0.25, 0.3) is 0 Å².